The summed E-state index contributed by atoms with van der Waals surface area (Å²) >= 11 is 1.30. The topological polar surface area (TPSA) is 92.8 Å². The summed E-state index contributed by atoms with van der Waals surface area (Å²) in [5, 5.41) is 19.9. The fraction of sp³-hybridized carbons (Fsp3) is 0.200. The zero-order chi connectivity index (χ0) is 12.4. The average molecular weight is 252 g/mol. The van der Waals surface area contributed by atoms with Gasteiger partial charge in [-0.3, -0.25) is 15.1 Å². The van der Waals surface area contributed by atoms with Crippen molar-refractivity contribution in [3.05, 3.63) is 39.9 Å². The van der Waals surface area contributed by atoms with Gasteiger partial charge in [-0.1, -0.05) is 12.1 Å². The lowest BCUT2D eigenvalue weighted by Crippen LogP contribution is -2.17. The molecule has 0 saturated carbocycles. The number of nitro groups is 1. The summed E-state index contributed by atoms with van der Waals surface area (Å²) < 4.78 is 0. The Morgan fingerprint density at radius 1 is 1.59 bits per heavy atom. The van der Waals surface area contributed by atoms with Gasteiger partial charge in [0.1, 0.15) is 0 Å². The fourth-order valence-corrected chi connectivity index (χ4v) is 2.44. The second-order valence-corrected chi connectivity index (χ2v) is 4.42. The lowest BCUT2D eigenvalue weighted by Gasteiger charge is -1.98. The number of rotatable bonds is 3. The number of nitrogens with zero attached hydrogens (tertiary/aromatic N) is 2. The monoisotopic (exact) mass is 252 g/mol. The van der Waals surface area contributed by atoms with E-state index in [1.807, 2.05) is 0 Å². The van der Waals surface area contributed by atoms with Crippen molar-refractivity contribution in [3.63, 3.8) is 0 Å². The molecule has 1 aliphatic heterocycles. The molecule has 17 heavy (non-hydrogen) atoms. The molecule has 0 fully saturated rings. The average Bonchev–Trinajstić information content (AvgIpc) is 2.78. The minimum atomic E-state index is -0.974. The summed E-state index contributed by atoms with van der Waals surface area (Å²) in [6.45, 7) is 0. The molecule has 0 bridgehead atoms. The number of benzene rings is 1. The molecule has 7 heteroatoms. The molecule has 1 heterocycles. The first-order valence-electron chi connectivity index (χ1n) is 4.76. The van der Waals surface area contributed by atoms with Gasteiger partial charge in [-0.2, -0.15) is 0 Å². The van der Waals surface area contributed by atoms with E-state index < -0.39 is 16.9 Å². The highest BCUT2D eigenvalue weighted by Gasteiger charge is 2.25. The number of carboxylic acid groups (broad SMARTS) is 1. The summed E-state index contributed by atoms with van der Waals surface area (Å²) in [5.41, 5.74) is 0.567. The van der Waals surface area contributed by atoms with Gasteiger partial charge in [0.2, 0.25) is 0 Å². The number of nitro benzene ring substituents is 1. The molecule has 1 unspecified atom stereocenters. The highest BCUT2D eigenvalue weighted by molar-refractivity contribution is 8.14. The molecular formula is C10H8N2O4S. The molecule has 6 nitrogen and oxygen atoms in total. The van der Waals surface area contributed by atoms with Gasteiger partial charge in [-0.05, 0) is 0 Å². The van der Waals surface area contributed by atoms with Gasteiger partial charge >= 0.3 is 5.97 Å². The normalized spacial score (nSPS) is 18.8. The molecule has 0 saturated heterocycles. The third-order valence-electron chi connectivity index (χ3n) is 2.24. The number of thioether (sulfide) groups is 1. The number of aliphatic carboxylic acids is 1. The number of aliphatic imine (C=N–C) groups is 1. The molecule has 1 aromatic rings. The Morgan fingerprint density at radius 2 is 2.35 bits per heavy atom. The van der Waals surface area contributed by atoms with E-state index in [9.17, 15) is 14.9 Å². The van der Waals surface area contributed by atoms with Crippen LogP contribution in [0.2, 0.25) is 0 Å². The van der Waals surface area contributed by atoms with E-state index in [0.29, 0.717) is 16.4 Å². The first-order chi connectivity index (χ1) is 8.08. The van der Waals surface area contributed by atoms with Crippen molar-refractivity contribution >= 4 is 28.5 Å². The van der Waals surface area contributed by atoms with Crippen LogP contribution < -0.4 is 0 Å². The molecule has 1 aliphatic rings. The van der Waals surface area contributed by atoms with Crippen molar-refractivity contribution in [2.75, 3.05) is 5.75 Å². The van der Waals surface area contributed by atoms with E-state index in [1.54, 1.807) is 12.1 Å². The standard InChI is InChI=1S/C10H8N2O4S/c13-10(14)8-5-17-9(11-8)6-2-1-3-7(4-6)12(15)16/h1-4,8H,5H2,(H,13,14). The largest absolute Gasteiger partial charge is 0.480 e. The lowest BCUT2D eigenvalue weighted by molar-refractivity contribution is -0.384. The van der Waals surface area contributed by atoms with Gasteiger partial charge in [0.15, 0.2) is 6.04 Å². The van der Waals surface area contributed by atoms with Crippen LogP contribution in [-0.2, 0) is 4.79 Å². The summed E-state index contributed by atoms with van der Waals surface area (Å²) in [5.74, 6) is -0.606. The third kappa shape index (κ3) is 2.44. The zero-order valence-electron chi connectivity index (χ0n) is 8.57. The number of hydrogen-bond acceptors (Lipinski definition) is 5. The van der Waals surface area contributed by atoms with Crippen molar-refractivity contribution in [2.24, 2.45) is 4.99 Å². The lowest BCUT2D eigenvalue weighted by atomic mass is 10.2. The van der Waals surface area contributed by atoms with Crippen LogP contribution in [0.4, 0.5) is 5.69 Å². The molecule has 2 rings (SSSR count). The summed E-state index contributed by atoms with van der Waals surface area (Å²) in [7, 11) is 0. The molecule has 0 amide bonds. The first-order valence-corrected chi connectivity index (χ1v) is 5.74. The van der Waals surface area contributed by atoms with E-state index in [4.69, 9.17) is 5.11 Å². The maximum Gasteiger partial charge on any atom is 0.329 e. The van der Waals surface area contributed by atoms with Crippen molar-refractivity contribution in [3.8, 4) is 0 Å². The minimum absolute atomic E-state index is 0.0235. The number of hydrogen-bond donors (Lipinski definition) is 1. The Balaban J connectivity index is 2.29. The molecule has 1 aromatic carbocycles. The fourth-order valence-electron chi connectivity index (χ4n) is 1.41. The molecular weight excluding hydrogens is 244 g/mol. The van der Waals surface area contributed by atoms with Crippen LogP contribution in [0, 0.1) is 10.1 Å². The van der Waals surface area contributed by atoms with Crippen molar-refractivity contribution in [2.45, 2.75) is 6.04 Å². The maximum absolute atomic E-state index is 10.7. The van der Waals surface area contributed by atoms with E-state index >= 15 is 0 Å². The Bertz CT molecular complexity index is 515. The zero-order valence-corrected chi connectivity index (χ0v) is 9.38. The third-order valence-corrected chi connectivity index (χ3v) is 3.34. The van der Waals surface area contributed by atoms with Crippen LogP contribution in [0.3, 0.4) is 0 Å². The first kappa shape index (κ1) is 11.6. The predicted octanol–water partition coefficient (Wildman–Crippen LogP) is 1.54. The maximum atomic E-state index is 10.7. The van der Waals surface area contributed by atoms with Crippen molar-refractivity contribution in [1.29, 1.82) is 0 Å². The highest BCUT2D eigenvalue weighted by atomic mass is 32.2. The van der Waals surface area contributed by atoms with Gasteiger partial charge < -0.3 is 5.11 Å². The molecule has 0 aliphatic carbocycles. The van der Waals surface area contributed by atoms with Gasteiger partial charge in [0, 0.05) is 23.4 Å². The van der Waals surface area contributed by atoms with Crippen LogP contribution in [0.15, 0.2) is 29.3 Å². The Kier molecular flexibility index (Phi) is 3.10. The van der Waals surface area contributed by atoms with Gasteiger partial charge in [0.05, 0.1) is 9.97 Å². The number of carbonyl (C=O) groups is 1. The summed E-state index contributed by atoms with van der Waals surface area (Å²) in [6.07, 6.45) is 0. The van der Waals surface area contributed by atoms with Crippen molar-refractivity contribution in [1.82, 2.24) is 0 Å². The number of non-ortho nitro benzene ring substituents is 1. The van der Waals surface area contributed by atoms with E-state index in [2.05, 4.69) is 4.99 Å². The second kappa shape index (κ2) is 4.54. The summed E-state index contributed by atoms with van der Waals surface area (Å²) in [6, 6.07) is 5.27. The van der Waals surface area contributed by atoms with Crippen LogP contribution in [0.1, 0.15) is 5.56 Å². The second-order valence-electron chi connectivity index (χ2n) is 3.41. The van der Waals surface area contributed by atoms with Crippen molar-refractivity contribution < 1.29 is 14.8 Å². The SMILES string of the molecule is O=C(O)C1CSC(c2cccc([N+](=O)[O-])c2)=N1. The molecule has 0 aromatic heterocycles. The summed E-state index contributed by atoms with van der Waals surface area (Å²) in [4.78, 5) is 24.9. The van der Waals surface area contributed by atoms with E-state index in [1.165, 1.54) is 23.9 Å². The Labute approximate surface area is 101 Å². The molecule has 1 N–H and O–H groups in total. The van der Waals surface area contributed by atoms with Crippen LogP contribution in [0.5, 0.6) is 0 Å². The molecule has 1 atom stereocenters. The highest BCUT2D eigenvalue weighted by Crippen LogP contribution is 2.25. The smallest absolute Gasteiger partial charge is 0.329 e. The molecule has 0 spiro atoms. The Hall–Kier alpha value is -1.89. The van der Waals surface area contributed by atoms with Crippen LogP contribution in [-0.4, -0.2) is 32.8 Å². The molecule has 88 valence electrons. The quantitative estimate of drug-likeness (QED) is 0.650. The molecule has 0 radical (unpaired) electrons. The number of carboxylic acids is 1. The van der Waals surface area contributed by atoms with Crippen LogP contribution in [0.25, 0.3) is 0 Å². The van der Waals surface area contributed by atoms with E-state index in [0.717, 1.165) is 0 Å². The van der Waals surface area contributed by atoms with E-state index in [-0.39, 0.29) is 5.69 Å². The minimum Gasteiger partial charge on any atom is -0.480 e. The van der Waals surface area contributed by atoms with Crippen LogP contribution >= 0.6 is 11.8 Å². The Morgan fingerprint density at radius 3 is 2.94 bits per heavy atom. The predicted molar refractivity (Wildman–Crippen MR) is 63.5 cm³/mol. The van der Waals surface area contributed by atoms with Gasteiger partial charge in [-0.15, -0.1) is 11.8 Å². The van der Waals surface area contributed by atoms with Gasteiger partial charge in [0.25, 0.3) is 5.69 Å². The van der Waals surface area contributed by atoms with Gasteiger partial charge in [-0.25, -0.2) is 4.79 Å².